The Labute approximate surface area is 123 Å². The molecule has 3 rings (SSSR count). The van der Waals surface area contributed by atoms with E-state index in [2.05, 4.69) is 46.4 Å². The summed E-state index contributed by atoms with van der Waals surface area (Å²) >= 11 is 0. The van der Waals surface area contributed by atoms with Crippen molar-refractivity contribution >= 4 is 5.69 Å². The monoisotopic (exact) mass is 273 g/mol. The van der Waals surface area contributed by atoms with Crippen LogP contribution in [0.3, 0.4) is 0 Å². The fraction of sp³-hybridized carbons (Fsp3) is 0.647. The number of likely N-dealkylation sites (N-methyl/N-ethyl adjacent to an activating group) is 1. The Bertz CT molecular complexity index is 418. The van der Waals surface area contributed by atoms with Crippen LogP contribution in [0, 0.1) is 5.92 Å². The minimum Gasteiger partial charge on any atom is -0.369 e. The smallest absolute Gasteiger partial charge is 0.0399 e. The van der Waals surface area contributed by atoms with E-state index in [1.165, 1.54) is 64.2 Å². The molecule has 2 aliphatic rings. The summed E-state index contributed by atoms with van der Waals surface area (Å²) < 4.78 is 0. The Morgan fingerprint density at radius 1 is 1.05 bits per heavy atom. The number of piperidine rings is 1. The van der Waals surface area contributed by atoms with Crippen molar-refractivity contribution in [2.45, 2.75) is 19.3 Å². The van der Waals surface area contributed by atoms with Gasteiger partial charge in [0.25, 0.3) is 0 Å². The number of nitrogens with zero attached hydrogens (tertiary/aromatic N) is 2. The van der Waals surface area contributed by atoms with Crippen LogP contribution in [0.4, 0.5) is 5.69 Å². The lowest BCUT2D eigenvalue weighted by atomic mass is 9.90. The predicted molar refractivity (Wildman–Crippen MR) is 85.4 cm³/mol. The zero-order chi connectivity index (χ0) is 13.8. The Balaban J connectivity index is 1.70. The molecule has 0 atom stereocenters. The molecular weight excluding hydrogens is 246 g/mol. The van der Waals surface area contributed by atoms with E-state index in [1.807, 2.05) is 0 Å². The van der Waals surface area contributed by atoms with Crippen LogP contribution in [0.2, 0.25) is 0 Å². The third-order valence-electron chi connectivity index (χ3n) is 4.80. The van der Waals surface area contributed by atoms with Gasteiger partial charge in [-0.05, 0) is 56.9 Å². The normalized spacial score (nSPS) is 22.1. The Morgan fingerprint density at radius 2 is 1.75 bits per heavy atom. The highest BCUT2D eigenvalue weighted by atomic mass is 15.2. The molecule has 0 bridgehead atoms. The summed E-state index contributed by atoms with van der Waals surface area (Å²) in [6, 6.07) is 9.06. The molecule has 0 spiro atoms. The molecule has 0 aliphatic carbocycles. The van der Waals surface area contributed by atoms with Crippen LogP contribution in [-0.2, 0) is 6.42 Å². The molecule has 3 nitrogen and oxygen atoms in total. The summed E-state index contributed by atoms with van der Waals surface area (Å²) in [5.41, 5.74) is 3.04. The van der Waals surface area contributed by atoms with Crippen molar-refractivity contribution < 1.29 is 0 Å². The maximum Gasteiger partial charge on any atom is 0.0399 e. The number of nitrogens with one attached hydrogen (secondary N) is 1. The van der Waals surface area contributed by atoms with E-state index in [0.29, 0.717) is 0 Å². The second-order valence-corrected chi connectivity index (χ2v) is 6.32. The molecule has 1 N–H and O–H groups in total. The molecule has 110 valence electrons. The maximum atomic E-state index is 3.47. The first-order valence-electron chi connectivity index (χ1n) is 8.05. The SMILES string of the molecule is CN1CCN(c2ccccc2CC2CCNCC2)CC1. The van der Waals surface area contributed by atoms with Gasteiger partial charge in [0.15, 0.2) is 0 Å². The van der Waals surface area contributed by atoms with Gasteiger partial charge in [-0.15, -0.1) is 0 Å². The highest BCUT2D eigenvalue weighted by Gasteiger charge is 2.19. The predicted octanol–water partition coefficient (Wildman–Crippen LogP) is 1.98. The second-order valence-electron chi connectivity index (χ2n) is 6.32. The minimum absolute atomic E-state index is 0.866. The topological polar surface area (TPSA) is 18.5 Å². The average molecular weight is 273 g/mol. The Hall–Kier alpha value is -1.06. The fourth-order valence-corrected chi connectivity index (χ4v) is 3.44. The molecule has 20 heavy (non-hydrogen) atoms. The summed E-state index contributed by atoms with van der Waals surface area (Å²) in [7, 11) is 2.22. The quantitative estimate of drug-likeness (QED) is 0.908. The van der Waals surface area contributed by atoms with Crippen LogP contribution >= 0.6 is 0 Å². The van der Waals surface area contributed by atoms with Crippen LogP contribution in [0.1, 0.15) is 18.4 Å². The number of anilines is 1. The molecule has 0 amide bonds. The maximum absolute atomic E-state index is 3.47. The van der Waals surface area contributed by atoms with Crippen LogP contribution in [0.5, 0.6) is 0 Å². The van der Waals surface area contributed by atoms with Gasteiger partial charge in [0, 0.05) is 31.9 Å². The minimum atomic E-state index is 0.866. The van der Waals surface area contributed by atoms with Gasteiger partial charge in [0.05, 0.1) is 0 Å². The Morgan fingerprint density at radius 3 is 2.50 bits per heavy atom. The zero-order valence-corrected chi connectivity index (χ0v) is 12.6. The molecule has 2 aliphatic heterocycles. The van der Waals surface area contributed by atoms with E-state index >= 15 is 0 Å². The van der Waals surface area contributed by atoms with Gasteiger partial charge in [-0.1, -0.05) is 18.2 Å². The van der Waals surface area contributed by atoms with Crippen molar-refractivity contribution in [1.82, 2.24) is 10.2 Å². The molecule has 0 radical (unpaired) electrons. The summed E-state index contributed by atoms with van der Waals surface area (Å²) in [6.45, 7) is 7.09. The largest absolute Gasteiger partial charge is 0.369 e. The van der Waals surface area contributed by atoms with Gasteiger partial charge < -0.3 is 15.1 Å². The van der Waals surface area contributed by atoms with Gasteiger partial charge in [0.2, 0.25) is 0 Å². The molecule has 0 unspecified atom stereocenters. The molecule has 0 saturated carbocycles. The van der Waals surface area contributed by atoms with Crippen molar-refractivity contribution in [3.63, 3.8) is 0 Å². The summed E-state index contributed by atoms with van der Waals surface area (Å²) in [4.78, 5) is 5.00. The van der Waals surface area contributed by atoms with Crippen molar-refractivity contribution in [2.75, 3.05) is 51.2 Å². The van der Waals surface area contributed by atoms with E-state index in [0.717, 1.165) is 5.92 Å². The van der Waals surface area contributed by atoms with E-state index in [4.69, 9.17) is 0 Å². The van der Waals surface area contributed by atoms with Gasteiger partial charge in [-0.2, -0.15) is 0 Å². The second kappa shape index (κ2) is 6.59. The van der Waals surface area contributed by atoms with Crippen molar-refractivity contribution in [2.24, 2.45) is 5.92 Å². The lowest BCUT2D eigenvalue weighted by Crippen LogP contribution is -2.44. The van der Waals surface area contributed by atoms with E-state index < -0.39 is 0 Å². The average Bonchev–Trinajstić information content (AvgIpc) is 2.50. The van der Waals surface area contributed by atoms with E-state index in [1.54, 1.807) is 5.56 Å². The molecule has 0 aromatic heterocycles. The van der Waals surface area contributed by atoms with Gasteiger partial charge >= 0.3 is 0 Å². The zero-order valence-electron chi connectivity index (χ0n) is 12.6. The van der Waals surface area contributed by atoms with Gasteiger partial charge in [-0.25, -0.2) is 0 Å². The Kier molecular flexibility index (Phi) is 4.58. The molecule has 2 fully saturated rings. The first-order chi connectivity index (χ1) is 9.83. The summed E-state index contributed by atoms with van der Waals surface area (Å²) in [6.07, 6.45) is 3.92. The highest BCUT2D eigenvalue weighted by molar-refractivity contribution is 5.54. The van der Waals surface area contributed by atoms with Crippen molar-refractivity contribution in [3.05, 3.63) is 29.8 Å². The highest BCUT2D eigenvalue weighted by Crippen LogP contribution is 2.27. The third kappa shape index (κ3) is 3.33. The van der Waals surface area contributed by atoms with Crippen molar-refractivity contribution in [1.29, 1.82) is 0 Å². The number of para-hydroxylation sites is 1. The summed E-state index contributed by atoms with van der Waals surface area (Å²) in [5.74, 6) is 0.866. The molecule has 3 heteroatoms. The first-order valence-corrected chi connectivity index (χ1v) is 8.05. The number of piperazine rings is 1. The van der Waals surface area contributed by atoms with Crippen LogP contribution in [-0.4, -0.2) is 51.2 Å². The number of hydrogen-bond donors (Lipinski definition) is 1. The standard InChI is InChI=1S/C17H27N3/c1-19-10-12-20(13-11-19)17-5-3-2-4-16(17)14-15-6-8-18-9-7-15/h2-5,15,18H,6-14H2,1H3. The molecule has 1 aromatic carbocycles. The van der Waals surface area contributed by atoms with Gasteiger partial charge in [-0.3, -0.25) is 0 Å². The third-order valence-corrected chi connectivity index (χ3v) is 4.80. The molecule has 2 heterocycles. The molecule has 1 aromatic rings. The van der Waals surface area contributed by atoms with Crippen LogP contribution in [0.25, 0.3) is 0 Å². The van der Waals surface area contributed by atoms with E-state index in [9.17, 15) is 0 Å². The number of benzene rings is 1. The fourth-order valence-electron chi connectivity index (χ4n) is 3.44. The van der Waals surface area contributed by atoms with Crippen LogP contribution in [0.15, 0.2) is 24.3 Å². The van der Waals surface area contributed by atoms with Crippen LogP contribution < -0.4 is 10.2 Å². The number of rotatable bonds is 3. The number of hydrogen-bond acceptors (Lipinski definition) is 3. The molecule has 2 saturated heterocycles. The summed E-state index contributed by atoms with van der Waals surface area (Å²) in [5, 5.41) is 3.47. The lowest BCUT2D eigenvalue weighted by molar-refractivity contribution is 0.312. The van der Waals surface area contributed by atoms with Crippen molar-refractivity contribution in [3.8, 4) is 0 Å². The van der Waals surface area contributed by atoms with Gasteiger partial charge in [0.1, 0.15) is 0 Å². The first kappa shape index (κ1) is 13.9. The molecular formula is C17H27N3. The van der Waals surface area contributed by atoms with E-state index in [-0.39, 0.29) is 0 Å². The lowest BCUT2D eigenvalue weighted by Gasteiger charge is -2.35.